The van der Waals surface area contributed by atoms with E-state index in [-0.39, 0.29) is 17.9 Å². The SMILES string of the molecule is O=C(NC1(CO)CC1)c1cc(F)ccc1O. The summed E-state index contributed by atoms with van der Waals surface area (Å²) in [5.74, 6) is -1.42. The van der Waals surface area contributed by atoms with E-state index in [4.69, 9.17) is 5.11 Å². The van der Waals surface area contributed by atoms with Crippen molar-refractivity contribution in [3.63, 3.8) is 0 Å². The Kier molecular flexibility index (Phi) is 2.55. The summed E-state index contributed by atoms with van der Waals surface area (Å²) in [6.07, 6.45) is 1.40. The van der Waals surface area contributed by atoms with Crippen molar-refractivity contribution in [2.75, 3.05) is 6.61 Å². The number of hydrogen-bond donors (Lipinski definition) is 3. The van der Waals surface area contributed by atoms with Gasteiger partial charge in [0.15, 0.2) is 0 Å². The van der Waals surface area contributed by atoms with Gasteiger partial charge in [-0.05, 0) is 31.0 Å². The molecule has 5 heteroatoms. The van der Waals surface area contributed by atoms with Crippen LogP contribution in [-0.4, -0.2) is 28.3 Å². The van der Waals surface area contributed by atoms with Crippen LogP contribution >= 0.6 is 0 Å². The fourth-order valence-electron chi connectivity index (χ4n) is 1.47. The Morgan fingerprint density at radius 3 is 2.75 bits per heavy atom. The second-order valence-electron chi connectivity index (χ2n) is 4.05. The van der Waals surface area contributed by atoms with Crippen molar-refractivity contribution in [3.8, 4) is 5.75 Å². The number of rotatable bonds is 3. The van der Waals surface area contributed by atoms with Gasteiger partial charge >= 0.3 is 0 Å². The van der Waals surface area contributed by atoms with Crippen molar-refractivity contribution in [2.24, 2.45) is 0 Å². The van der Waals surface area contributed by atoms with E-state index >= 15 is 0 Å². The molecule has 0 aliphatic heterocycles. The summed E-state index contributed by atoms with van der Waals surface area (Å²) in [6.45, 7) is -0.144. The maximum absolute atomic E-state index is 12.9. The lowest BCUT2D eigenvalue weighted by Gasteiger charge is -2.14. The number of carbonyl (C=O) groups is 1. The van der Waals surface area contributed by atoms with Crippen molar-refractivity contribution in [3.05, 3.63) is 29.6 Å². The Hall–Kier alpha value is -1.62. The smallest absolute Gasteiger partial charge is 0.255 e. The lowest BCUT2D eigenvalue weighted by atomic mass is 10.1. The Morgan fingerprint density at radius 1 is 1.50 bits per heavy atom. The fourth-order valence-corrected chi connectivity index (χ4v) is 1.47. The number of phenolic OH excluding ortho intramolecular Hbond substituents is 1. The summed E-state index contributed by atoms with van der Waals surface area (Å²) in [7, 11) is 0. The van der Waals surface area contributed by atoms with Crippen LogP contribution in [0.3, 0.4) is 0 Å². The van der Waals surface area contributed by atoms with Crippen molar-refractivity contribution in [1.29, 1.82) is 0 Å². The molecule has 4 nitrogen and oxygen atoms in total. The zero-order valence-electron chi connectivity index (χ0n) is 8.53. The molecular weight excluding hydrogens is 213 g/mol. The van der Waals surface area contributed by atoms with E-state index in [1.165, 1.54) is 0 Å². The minimum Gasteiger partial charge on any atom is -0.507 e. The van der Waals surface area contributed by atoms with E-state index in [2.05, 4.69) is 5.32 Å². The molecule has 0 atom stereocenters. The molecule has 1 fully saturated rings. The molecule has 0 spiro atoms. The second kappa shape index (κ2) is 3.75. The Balaban J connectivity index is 2.17. The highest BCUT2D eigenvalue weighted by atomic mass is 19.1. The van der Waals surface area contributed by atoms with Gasteiger partial charge in [-0.2, -0.15) is 0 Å². The predicted molar refractivity (Wildman–Crippen MR) is 54.6 cm³/mol. The van der Waals surface area contributed by atoms with E-state index in [9.17, 15) is 14.3 Å². The third-order valence-electron chi connectivity index (χ3n) is 2.74. The topological polar surface area (TPSA) is 69.6 Å². The highest BCUT2D eigenvalue weighted by molar-refractivity contribution is 5.97. The van der Waals surface area contributed by atoms with E-state index in [1.54, 1.807) is 0 Å². The number of halogens is 1. The van der Waals surface area contributed by atoms with Gasteiger partial charge in [0.1, 0.15) is 11.6 Å². The number of aliphatic hydroxyl groups excluding tert-OH is 1. The average molecular weight is 225 g/mol. The van der Waals surface area contributed by atoms with E-state index < -0.39 is 17.3 Å². The lowest BCUT2D eigenvalue weighted by molar-refractivity contribution is 0.0903. The molecule has 0 aromatic heterocycles. The number of nitrogens with one attached hydrogen (secondary N) is 1. The van der Waals surface area contributed by atoms with Gasteiger partial charge in [-0.3, -0.25) is 4.79 Å². The predicted octanol–water partition coefficient (Wildman–Crippen LogP) is 0.786. The molecule has 0 saturated heterocycles. The molecule has 0 heterocycles. The van der Waals surface area contributed by atoms with Crippen LogP contribution in [0.1, 0.15) is 23.2 Å². The van der Waals surface area contributed by atoms with E-state index in [1.807, 2.05) is 0 Å². The molecule has 3 N–H and O–H groups in total. The third-order valence-corrected chi connectivity index (χ3v) is 2.74. The van der Waals surface area contributed by atoms with Gasteiger partial charge in [0, 0.05) is 0 Å². The average Bonchev–Trinajstić information content (AvgIpc) is 3.02. The molecule has 1 aromatic rings. The number of aromatic hydroxyl groups is 1. The van der Waals surface area contributed by atoms with Crippen LogP contribution in [0.5, 0.6) is 5.75 Å². The van der Waals surface area contributed by atoms with Crippen molar-refractivity contribution < 1.29 is 19.4 Å². The largest absolute Gasteiger partial charge is 0.507 e. The van der Waals surface area contributed by atoms with Crippen LogP contribution < -0.4 is 5.32 Å². The number of phenols is 1. The van der Waals surface area contributed by atoms with Gasteiger partial charge in [0.05, 0.1) is 17.7 Å². The van der Waals surface area contributed by atoms with E-state index in [0.717, 1.165) is 18.2 Å². The first-order valence-electron chi connectivity index (χ1n) is 4.98. The summed E-state index contributed by atoms with van der Waals surface area (Å²) in [5.41, 5.74) is -0.685. The van der Waals surface area contributed by atoms with Gasteiger partial charge < -0.3 is 15.5 Å². The number of hydrogen-bond acceptors (Lipinski definition) is 3. The summed E-state index contributed by atoms with van der Waals surface area (Å²) >= 11 is 0. The molecule has 1 saturated carbocycles. The van der Waals surface area contributed by atoms with Gasteiger partial charge in [0.2, 0.25) is 0 Å². The first-order chi connectivity index (χ1) is 7.56. The molecule has 1 aromatic carbocycles. The third kappa shape index (κ3) is 1.99. The highest BCUT2D eigenvalue weighted by Crippen LogP contribution is 2.35. The van der Waals surface area contributed by atoms with Crippen molar-refractivity contribution >= 4 is 5.91 Å². The summed E-state index contributed by atoms with van der Waals surface area (Å²) in [6, 6.07) is 3.17. The quantitative estimate of drug-likeness (QED) is 0.712. The highest BCUT2D eigenvalue weighted by Gasteiger charge is 2.43. The lowest BCUT2D eigenvalue weighted by Crippen LogP contribution is -2.39. The molecule has 1 aliphatic carbocycles. The molecule has 86 valence electrons. The molecule has 1 amide bonds. The Morgan fingerprint density at radius 2 is 2.19 bits per heavy atom. The van der Waals surface area contributed by atoms with Crippen LogP contribution in [0.2, 0.25) is 0 Å². The molecule has 2 rings (SSSR count). The molecular formula is C11H12FNO3. The Labute approximate surface area is 91.7 Å². The number of benzene rings is 1. The van der Waals surface area contributed by atoms with E-state index in [0.29, 0.717) is 12.8 Å². The zero-order valence-corrected chi connectivity index (χ0v) is 8.53. The molecule has 16 heavy (non-hydrogen) atoms. The van der Waals surface area contributed by atoms with Gasteiger partial charge in [-0.15, -0.1) is 0 Å². The molecule has 0 unspecified atom stereocenters. The molecule has 0 bridgehead atoms. The van der Waals surface area contributed by atoms with Crippen LogP contribution in [0.4, 0.5) is 4.39 Å². The van der Waals surface area contributed by atoms with Crippen LogP contribution in [-0.2, 0) is 0 Å². The monoisotopic (exact) mass is 225 g/mol. The maximum Gasteiger partial charge on any atom is 0.255 e. The maximum atomic E-state index is 12.9. The van der Waals surface area contributed by atoms with Crippen molar-refractivity contribution in [2.45, 2.75) is 18.4 Å². The number of carbonyl (C=O) groups excluding carboxylic acids is 1. The Bertz CT molecular complexity index is 429. The van der Waals surface area contributed by atoms with Crippen molar-refractivity contribution in [1.82, 2.24) is 5.32 Å². The fraction of sp³-hybridized carbons (Fsp3) is 0.364. The number of amides is 1. The number of aliphatic hydroxyl groups is 1. The normalized spacial score (nSPS) is 16.9. The first kappa shape index (κ1) is 10.9. The minimum atomic E-state index is -0.586. The van der Waals surface area contributed by atoms with Crippen LogP contribution in [0.25, 0.3) is 0 Å². The van der Waals surface area contributed by atoms with Gasteiger partial charge in [-0.1, -0.05) is 0 Å². The molecule has 1 aliphatic rings. The summed E-state index contributed by atoms with van der Waals surface area (Å²) in [5, 5.41) is 21.0. The molecule has 0 radical (unpaired) electrons. The van der Waals surface area contributed by atoms with Crippen LogP contribution in [0.15, 0.2) is 18.2 Å². The van der Waals surface area contributed by atoms with Crippen LogP contribution in [0, 0.1) is 5.82 Å². The second-order valence-corrected chi connectivity index (χ2v) is 4.05. The van der Waals surface area contributed by atoms with Gasteiger partial charge in [0.25, 0.3) is 5.91 Å². The van der Waals surface area contributed by atoms with Gasteiger partial charge in [-0.25, -0.2) is 4.39 Å². The first-order valence-corrected chi connectivity index (χ1v) is 4.98. The standard InChI is InChI=1S/C11H12FNO3/c12-7-1-2-9(15)8(5-7)10(16)13-11(6-14)3-4-11/h1-2,5,14-15H,3-4,6H2,(H,13,16). The minimum absolute atomic E-state index is 0.111. The zero-order chi connectivity index (χ0) is 11.8. The summed E-state index contributed by atoms with van der Waals surface area (Å²) < 4.78 is 12.9. The summed E-state index contributed by atoms with van der Waals surface area (Å²) in [4.78, 5) is 11.7.